The number of benzene rings is 2. The zero-order valence-electron chi connectivity index (χ0n) is 17.9. The molecular weight excluding hydrogens is 394 g/mol. The normalized spacial score (nSPS) is 20.5. The highest BCUT2D eigenvalue weighted by Crippen LogP contribution is 2.40. The van der Waals surface area contributed by atoms with Crippen LogP contribution in [-0.4, -0.2) is 37.2 Å². The molecular formula is C25H25NO5. The summed E-state index contributed by atoms with van der Waals surface area (Å²) < 4.78 is 17.3. The average molecular weight is 419 g/mol. The van der Waals surface area contributed by atoms with Crippen LogP contribution in [0, 0.1) is 13.8 Å². The van der Waals surface area contributed by atoms with Crippen molar-refractivity contribution < 1.29 is 18.7 Å². The molecule has 31 heavy (non-hydrogen) atoms. The maximum atomic E-state index is 13.7. The van der Waals surface area contributed by atoms with Crippen LogP contribution < -0.4 is 10.2 Å². The van der Waals surface area contributed by atoms with Crippen molar-refractivity contribution in [3.8, 4) is 5.75 Å². The smallest absolute Gasteiger partial charge is 0.291 e. The fourth-order valence-electron chi connectivity index (χ4n) is 4.87. The van der Waals surface area contributed by atoms with Gasteiger partial charge in [-0.3, -0.25) is 9.59 Å². The van der Waals surface area contributed by atoms with Gasteiger partial charge in [-0.05, 0) is 61.6 Å². The molecule has 1 amide bonds. The van der Waals surface area contributed by atoms with Crippen molar-refractivity contribution in [1.82, 2.24) is 4.90 Å². The summed E-state index contributed by atoms with van der Waals surface area (Å²) in [7, 11) is 1.60. The summed E-state index contributed by atoms with van der Waals surface area (Å²) in [5, 5.41) is 0.531. The van der Waals surface area contributed by atoms with E-state index in [0.29, 0.717) is 35.4 Å². The zero-order valence-corrected chi connectivity index (χ0v) is 17.9. The number of ether oxygens (including phenoxy) is 2. The molecule has 0 aliphatic carbocycles. The summed E-state index contributed by atoms with van der Waals surface area (Å²) >= 11 is 0. The molecule has 2 atom stereocenters. The lowest BCUT2D eigenvalue weighted by Crippen LogP contribution is -2.36. The average Bonchev–Trinajstić information content (AvgIpc) is 3.35. The van der Waals surface area contributed by atoms with Gasteiger partial charge in [-0.2, -0.15) is 0 Å². The van der Waals surface area contributed by atoms with Gasteiger partial charge in [0, 0.05) is 13.2 Å². The Hall–Kier alpha value is -3.12. The molecule has 1 aromatic heterocycles. The van der Waals surface area contributed by atoms with Crippen LogP contribution in [0.3, 0.4) is 0 Å². The number of carbonyl (C=O) groups is 1. The molecule has 1 saturated heterocycles. The predicted octanol–water partition coefficient (Wildman–Crippen LogP) is 4.14. The Morgan fingerprint density at radius 2 is 2.00 bits per heavy atom. The number of methoxy groups -OCH3 is 1. The zero-order chi connectivity index (χ0) is 21.7. The van der Waals surface area contributed by atoms with Crippen LogP contribution in [0.25, 0.3) is 11.0 Å². The monoisotopic (exact) mass is 419 g/mol. The number of amides is 1. The first kappa shape index (κ1) is 19.8. The predicted molar refractivity (Wildman–Crippen MR) is 117 cm³/mol. The van der Waals surface area contributed by atoms with Gasteiger partial charge in [0.05, 0.1) is 30.2 Å². The Morgan fingerprint density at radius 3 is 2.74 bits per heavy atom. The van der Waals surface area contributed by atoms with Crippen molar-refractivity contribution in [2.45, 2.75) is 38.8 Å². The third-order valence-corrected chi connectivity index (χ3v) is 6.25. The Bertz CT molecular complexity index is 1240. The molecule has 160 valence electrons. The molecule has 0 saturated carbocycles. The van der Waals surface area contributed by atoms with Crippen molar-refractivity contribution in [2.75, 3.05) is 20.3 Å². The minimum absolute atomic E-state index is 0.0418. The van der Waals surface area contributed by atoms with Crippen LogP contribution in [0.2, 0.25) is 0 Å². The molecule has 0 spiro atoms. The molecule has 3 aromatic rings. The van der Waals surface area contributed by atoms with E-state index in [1.807, 2.05) is 50.2 Å². The van der Waals surface area contributed by atoms with Crippen molar-refractivity contribution in [1.29, 1.82) is 0 Å². The molecule has 3 heterocycles. The van der Waals surface area contributed by atoms with Gasteiger partial charge in [-0.25, -0.2) is 0 Å². The maximum absolute atomic E-state index is 13.7. The number of nitrogens with zero attached hydrogens (tertiary/aromatic N) is 1. The van der Waals surface area contributed by atoms with E-state index in [9.17, 15) is 9.59 Å². The number of carbonyl (C=O) groups excluding carboxylic acids is 1. The SMILES string of the molecule is COc1cccc(C2c3c(oc4cc(C)cc(C)c4c3=O)C(=O)N2CC2CCCO2)c1. The Morgan fingerprint density at radius 1 is 1.16 bits per heavy atom. The van der Waals surface area contributed by atoms with E-state index < -0.39 is 6.04 Å². The molecule has 2 aliphatic heterocycles. The molecule has 2 unspecified atom stereocenters. The largest absolute Gasteiger partial charge is 0.497 e. The highest BCUT2D eigenvalue weighted by Gasteiger charge is 2.44. The van der Waals surface area contributed by atoms with E-state index in [-0.39, 0.29) is 23.2 Å². The first-order chi connectivity index (χ1) is 15.0. The molecule has 6 nitrogen and oxygen atoms in total. The van der Waals surface area contributed by atoms with Crippen molar-refractivity contribution in [2.24, 2.45) is 0 Å². The van der Waals surface area contributed by atoms with E-state index in [4.69, 9.17) is 13.9 Å². The van der Waals surface area contributed by atoms with Crippen LogP contribution in [0.5, 0.6) is 5.75 Å². The van der Waals surface area contributed by atoms with Gasteiger partial charge >= 0.3 is 0 Å². The van der Waals surface area contributed by atoms with Crippen LogP contribution in [-0.2, 0) is 4.74 Å². The van der Waals surface area contributed by atoms with Crippen molar-refractivity contribution in [3.05, 3.63) is 74.6 Å². The number of aryl methyl sites for hydroxylation is 2. The molecule has 5 rings (SSSR count). The number of hydrogen-bond donors (Lipinski definition) is 0. The molecule has 6 heteroatoms. The summed E-state index contributed by atoms with van der Waals surface area (Å²) in [4.78, 5) is 28.9. The Balaban J connectivity index is 1.74. The fourth-order valence-corrected chi connectivity index (χ4v) is 4.87. The number of hydrogen-bond acceptors (Lipinski definition) is 5. The van der Waals surface area contributed by atoms with Gasteiger partial charge < -0.3 is 18.8 Å². The molecule has 1 fully saturated rings. The van der Waals surface area contributed by atoms with Gasteiger partial charge in [0.25, 0.3) is 5.91 Å². The molecule has 0 bridgehead atoms. The standard InChI is InChI=1S/C25H25NO5/c1-14-10-15(2)20-19(11-14)31-24-21(23(20)27)22(16-6-4-7-17(12-16)29-3)26(25(24)28)13-18-8-5-9-30-18/h4,6-7,10-12,18,22H,5,8-9,13H2,1-3H3. The third kappa shape index (κ3) is 3.22. The molecule has 2 aliphatic rings. The number of rotatable bonds is 4. The second-order valence-electron chi connectivity index (χ2n) is 8.40. The van der Waals surface area contributed by atoms with Gasteiger partial charge in [-0.15, -0.1) is 0 Å². The Kier molecular flexibility index (Phi) is 4.82. The maximum Gasteiger partial charge on any atom is 0.291 e. The molecule has 0 radical (unpaired) electrons. The first-order valence-corrected chi connectivity index (χ1v) is 10.6. The summed E-state index contributed by atoms with van der Waals surface area (Å²) in [6.07, 6.45) is 1.83. The van der Waals surface area contributed by atoms with Crippen LogP contribution in [0.1, 0.15) is 51.7 Å². The van der Waals surface area contributed by atoms with Gasteiger partial charge in [0.2, 0.25) is 5.76 Å². The quantitative estimate of drug-likeness (QED) is 0.636. The molecule has 0 N–H and O–H groups in total. The van der Waals surface area contributed by atoms with Crippen molar-refractivity contribution >= 4 is 16.9 Å². The first-order valence-electron chi connectivity index (χ1n) is 10.6. The highest BCUT2D eigenvalue weighted by molar-refractivity contribution is 5.99. The lowest BCUT2D eigenvalue weighted by atomic mass is 9.96. The fraction of sp³-hybridized carbons (Fsp3) is 0.360. The topological polar surface area (TPSA) is 69.0 Å². The van der Waals surface area contributed by atoms with Crippen molar-refractivity contribution in [3.63, 3.8) is 0 Å². The highest BCUT2D eigenvalue weighted by atomic mass is 16.5. The van der Waals surface area contributed by atoms with E-state index in [2.05, 4.69) is 0 Å². The number of fused-ring (bicyclic) bond motifs is 2. The van der Waals surface area contributed by atoms with E-state index in [0.717, 1.165) is 29.5 Å². The minimum atomic E-state index is -0.539. The summed E-state index contributed by atoms with van der Waals surface area (Å²) in [6, 6.07) is 10.8. The minimum Gasteiger partial charge on any atom is -0.497 e. The molecule has 2 aromatic carbocycles. The van der Waals surface area contributed by atoms with E-state index in [1.165, 1.54) is 0 Å². The Labute approximate surface area is 180 Å². The van der Waals surface area contributed by atoms with E-state index in [1.54, 1.807) is 12.0 Å². The van der Waals surface area contributed by atoms with Crippen LogP contribution >= 0.6 is 0 Å². The van der Waals surface area contributed by atoms with E-state index >= 15 is 0 Å². The second-order valence-corrected chi connectivity index (χ2v) is 8.40. The van der Waals surface area contributed by atoms with Crippen LogP contribution in [0.4, 0.5) is 0 Å². The van der Waals surface area contributed by atoms with Crippen LogP contribution in [0.15, 0.2) is 45.6 Å². The van der Waals surface area contributed by atoms with Gasteiger partial charge in [0.15, 0.2) is 5.43 Å². The second kappa shape index (κ2) is 7.54. The third-order valence-electron chi connectivity index (χ3n) is 6.25. The van der Waals surface area contributed by atoms with Gasteiger partial charge in [-0.1, -0.05) is 18.2 Å². The summed E-state index contributed by atoms with van der Waals surface area (Å²) in [5.41, 5.74) is 3.36. The lowest BCUT2D eigenvalue weighted by Gasteiger charge is -2.27. The summed E-state index contributed by atoms with van der Waals surface area (Å²) in [6.45, 7) is 4.96. The van der Waals surface area contributed by atoms with Gasteiger partial charge in [0.1, 0.15) is 11.3 Å². The lowest BCUT2D eigenvalue weighted by molar-refractivity contribution is 0.0486. The summed E-state index contributed by atoms with van der Waals surface area (Å²) in [5.74, 6) is 0.539.